The molecule has 0 radical (unpaired) electrons. The fourth-order valence-corrected chi connectivity index (χ4v) is 1.31. The summed E-state index contributed by atoms with van der Waals surface area (Å²) < 4.78 is 5.05. The molecule has 0 spiro atoms. The van der Waals surface area contributed by atoms with Crippen molar-refractivity contribution in [2.45, 2.75) is 13.3 Å². The molecule has 0 saturated carbocycles. The molecule has 0 fully saturated rings. The minimum absolute atomic E-state index is 0.431. The molecule has 0 atom stereocenters. The predicted octanol–water partition coefficient (Wildman–Crippen LogP) is 2.20. The first-order valence-corrected chi connectivity index (χ1v) is 4.03. The van der Waals surface area contributed by atoms with Crippen LogP contribution in [-0.4, -0.2) is 5.16 Å². The van der Waals surface area contributed by atoms with Crippen LogP contribution in [0.4, 0.5) is 0 Å². The monoisotopic (exact) mass is 172 g/mol. The van der Waals surface area contributed by atoms with Gasteiger partial charge in [-0.15, -0.1) is 0 Å². The Kier molecular flexibility index (Phi) is 1.75. The zero-order valence-corrected chi connectivity index (χ0v) is 7.24. The number of aromatic nitrogens is 1. The van der Waals surface area contributed by atoms with E-state index in [1.807, 2.05) is 25.1 Å². The van der Waals surface area contributed by atoms with Crippen molar-refractivity contribution in [3.8, 4) is 6.07 Å². The lowest BCUT2D eigenvalue weighted by Gasteiger charge is -1.92. The molecule has 0 unspecified atom stereocenters. The average Bonchev–Trinajstić information content (AvgIpc) is 2.49. The van der Waals surface area contributed by atoms with E-state index in [1.54, 1.807) is 0 Å². The van der Waals surface area contributed by atoms with Gasteiger partial charge in [-0.05, 0) is 24.6 Å². The van der Waals surface area contributed by atoms with Crippen LogP contribution in [0.15, 0.2) is 22.7 Å². The van der Waals surface area contributed by atoms with E-state index in [-0.39, 0.29) is 0 Å². The highest BCUT2D eigenvalue weighted by molar-refractivity contribution is 5.79. The van der Waals surface area contributed by atoms with Gasteiger partial charge in [-0.1, -0.05) is 11.2 Å². The Morgan fingerprint density at radius 2 is 2.38 bits per heavy atom. The van der Waals surface area contributed by atoms with Crippen molar-refractivity contribution in [3.05, 3.63) is 29.5 Å². The quantitative estimate of drug-likeness (QED) is 0.662. The highest BCUT2D eigenvalue weighted by Crippen LogP contribution is 2.19. The molecule has 0 aliphatic heterocycles. The molecule has 2 rings (SSSR count). The maximum atomic E-state index is 8.52. The van der Waals surface area contributed by atoms with Crippen LogP contribution in [0, 0.1) is 18.3 Å². The molecule has 1 heterocycles. The summed E-state index contributed by atoms with van der Waals surface area (Å²) in [5, 5.41) is 13.4. The van der Waals surface area contributed by atoms with Crippen molar-refractivity contribution < 1.29 is 4.52 Å². The van der Waals surface area contributed by atoms with Crippen LogP contribution in [0.5, 0.6) is 0 Å². The summed E-state index contributed by atoms with van der Waals surface area (Å²) in [6, 6.07) is 7.79. The van der Waals surface area contributed by atoms with Crippen LogP contribution < -0.4 is 0 Å². The Bertz CT molecular complexity index is 479. The molecular formula is C10H8N2O. The Morgan fingerprint density at radius 1 is 1.54 bits per heavy atom. The van der Waals surface area contributed by atoms with Crippen LogP contribution >= 0.6 is 0 Å². The van der Waals surface area contributed by atoms with Crippen LogP contribution in [0.3, 0.4) is 0 Å². The lowest BCUT2D eigenvalue weighted by atomic mass is 10.1. The lowest BCUT2D eigenvalue weighted by molar-refractivity contribution is 0.450. The number of aryl methyl sites for hydroxylation is 1. The lowest BCUT2D eigenvalue weighted by Crippen LogP contribution is -1.80. The van der Waals surface area contributed by atoms with Gasteiger partial charge in [-0.2, -0.15) is 5.26 Å². The number of benzene rings is 1. The van der Waals surface area contributed by atoms with Gasteiger partial charge in [0.2, 0.25) is 0 Å². The van der Waals surface area contributed by atoms with E-state index in [9.17, 15) is 0 Å². The SMILES string of the molecule is Cc1noc2ccc(CC#N)cc12. The molecule has 3 heteroatoms. The maximum absolute atomic E-state index is 8.52. The van der Waals surface area contributed by atoms with Gasteiger partial charge < -0.3 is 4.52 Å². The number of rotatable bonds is 1. The first kappa shape index (κ1) is 7.81. The summed E-state index contributed by atoms with van der Waals surface area (Å²) in [7, 11) is 0. The molecule has 64 valence electrons. The third kappa shape index (κ3) is 1.27. The Balaban J connectivity index is 2.60. The van der Waals surface area contributed by atoms with Gasteiger partial charge in [0.1, 0.15) is 0 Å². The van der Waals surface area contributed by atoms with Gasteiger partial charge in [0.15, 0.2) is 5.58 Å². The van der Waals surface area contributed by atoms with Crippen molar-refractivity contribution in [1.29, 1.82) is 5.26 Å². The fraction of sp³-hybridized carbons (Fsp3) is 0.200. The summed E-state index contributed by atoms with van der Waals surface area (Å²) in [6.07, 6.45) is 0.431. The third-order valence-electron chi connectivity index (χ3n) is 2.00. The van der Waals surface area contributed by atoms with Gasteiger partial charge in [-0.3, -0.25) is 0 Å². The van der Waals surface area contributed by atoms with Crippen molar-refractivity contribution in [1.82, 2.24) is 5.16 Å². The van der Waals surface area contributed by atoms with Gasteiger partial charge in [0.25, 0.3) is 0 Å². The minimum Gasteiger partial charge on any atom is -0.356 e. The molecule has 0 bridgehead atoms. The number of fused-ring (bicyclic) bond motifs is 1. The van der Waals surface area contributed by atoms with E-state index in [0.29, 0.717) is 6.42 Å². The second-order valence-corrected chi connectivity index (χ2v) is 2.93. The smallest absolute Gasteiger partial charge is 0.167 e. The molecule has 0 N–H and O–H groups in total. The normalized spacial score (nSPS) is 10.2. The summed E-state index contributed by atoms with van der Waals surface area (Å²) in [5.41, 5.74) is 2.65. The van der Waals surface area contributed by atoms with Crippen LogP contribution in [-0.2, 0) is 6.42 Å². The number of hydrogen-bond acceptors (Lipinski definition) is 3. The molecule has 1 aromatic heterocycles. The number of hydrogen-bond donors (Lipinski definition) is 0. The highest BCUT2D eigenvalue weighted by Gasteiger charge is 2.03. The zero-order chi connectivity index (χ0) is 9.26. The second kappa shape index (κ2) is 2.91. The van der Waals surface area contributed by atoms with E-state index >= 15 is 0 Å². The highest BCUT2D eigenvalue weighted by atomic mass is 16.5. The third-order valence-corrected chi connectivity index (χ3v) is 2.00. The fourth-order valence-electron chi connectivity index (χ4n) is 1.31. The van der Waals surface area contributed by atoms with Crippen molar-refractivity contribution in [2.75, 3.05) is 0 Å². The molecule has 0 aliphatic rings. The molecule has 0 aliphatic carbocycles. The topological polar surface area (TPSA) is 49.8 Å². The van der Waals surface area contributed by atoms with Crippen LogP contribution in [0.25, 0.3) is 11.0 Å². The summed E-state index contributed by atoms with van der Waals surface area (Å²) >= 11 is 0. The first-order chi connectivity index (χ1) is 6.31. The van der Waals surface area contributed by atoms with Crippen molar-refractivity contribution in [2.24, 2.45) is 0 Å². The van der Waals surface area contributed by atoms with E-state index in [1.165, 1.54) is 0 Å². The molecule has 1 aromatic carbocycles. The standard InChI is InChI=1S/C10H8N2O/c1-7-9-6-8(4-5-11)2-3-10(9)13-12-7/h2-3,6H,4H2,1H3. The molecule has 3 nitrogen and oxygen atoms in total. The number of nitrogens with zero attached hydrogens (tertiary/aromatic N) is 2. The predicted molar refractivity (Wildman–Crippen MR) is 48.1 cm³/mol. The summed E-state index contributed by atoms with van der Waals surface area (Å²) in [5.74, 6) is 0. The molecular weight excluding hydrogens is 164 g/mol. The Hall–Kier alpha value is -1.82. The Morgan fingerprint density at radius 3 is 3.15 bits per heavy atom. The van der Waals surface area contributed by atoms with E-state index in [0.717, 1.165) is 22.2 Å². The van der Waals surface area contributed by atoms with Crippen LogP contribution in [0.2, 0.25) is 0 Å². The van der Waals surface area contributed by atoms with Gasteiger partial charge in [0.05, 0.1) is 18.2 Å². The van der Waals surface area contributed by atoms with E-state index < -0.39 is 0 Å². The molecule has 2 aromatic rings. The molecule has 0 amide bonds. The minimum atomic E-state index is 0.431. The number of nitriles is 1. The van der Waals surface area contributed by atoms with Crippen LogP contribution in [0.1, 0.15) is 11.3 Å². The summed E-state index contributed by atoms with van der Waals surface area (Å²) in [6.45, 7) is 1.89. The van der Waals surface area contributed by atoms with Gasteiger partial charge in [0, 0.05) is 5.39 Å². The Labute approximate surface area is 75.6 Å². The second-order valence-electron chi connectivity index (χ2n) is 2.93. The van der Waals surface area contributed by atoms with Crippen molar-refractivity contribution in [3.63, 3.8) is 0 Å². The molecule has 0 saturated heterocycles. The largest absolute Gasteiger partial charge is 0.356 e. The van der Waals surface area contributed by atoms with Crippen molar-refractivity contribution >= 4 is 11.0 Å². The molecule has 13 heavy (non-hydrogen) atoms. The zero-order valence-electron chi connectivity index (χ0n) is 7.24. The maximum Gasteiger partial charge on any atom is 0.167 e. The van der Waals surface area contributed by atoms with Gasteiger partial charge >= 0.3 is 0 Å². The summed E-state index contributed by atoms with van der Waals surface area (Å²) in [4.78, 5) is 0. The van der Waals surface area contributed by atoms with E-state index in [2.05, 4.69) is 11.2 Å². The van der Waals surface area contributed by atoms with Gasteiger partial charge in [-0.25, -0.2) is 0 Å². The first-order valence-electron chi connectivity index (χ1n) is 4.03. The van der Waals surface area contributed by atoms with E-state index in [4.69, 9.17) is 9.78 Å². The average molecular weight is 172 g/mol.